The smallest absolute Gasteiger partial charge is 0.142 e. The molecule has 3 heteroatoms. The van der Waals surface area contributed by atoms with Crippen molar-refractivity contribution in [1.82, 2.24) is 0 Å². The number of hydrogen-bond acceptors (Lipinski definition) is 3. The van der Waals surface area contributed by atoms with Crippen LogP contribution in [0.3, 0.4) is 0 Å². The molecule has 1 saturated carbocycles. The Morgan fingerprint density at radius 3 is 2.63 bits per heavy atom. The highest BCUT2D eigenvalue weighted by atomic mass is 16.5. The number of methoxy groups -OCH3 is 1. The molecule has 3 nitrogen and oxygen atoms in total. The van der Waals surface area contributed by atoms with Gasteiger partial charge in [-0.05, 0) is 36.5 Å². The van der Waals surface area contributed by atoms with Gasteiger partial charge in [-0.25, -0.2) is 0 Å². The average molecular weight is 258 g/mol. The summed E-state index contributed by atoms with van der Waals surface area (Å²) in [5, 5.41) is 12.6. The largest absolute Gasteiger partial charge is 0.495 e. The lowest BCUT2D eigenvalue weighted by Crippen LogP contribution is -2.35. The van der Waals surface area contributed by atoms with Gasteiger partial charge in [-0.1, -0.05) is 26.3 Å². The molecule has 102 valence electrons. The molecule has 0 bridgehead atoms. The molecule has 0 saturated heterocycles. The summed E-state index contributed by atoms with van der Waals surface area (Å²) in [5.41, 5.74) is 2.08. The van der Waals surface area contributed by atoms with E-state index in [1.807, 2.05) is 0 Å². The Balaban J connectivity index is 2.10. The Morgan fingerprint density at radius 1 is 1.42 bits per heavy atom. The normalized spacial score (nSPS) is 16.6. The third kappa shape index (κ3) is 2.84. The van der Waals surface area contributed by atoms with Crippen molar-refractivity contribution >= 4 is 5.69 Å². The van der Waals surface area contributed by atoms with E-state index >= 15 is 0 Å². The summed E-state index contributed by atoms with van der Waals surface area (Å²) in [4.78, 5) is 0. The second-order valence-corrected chi connectivity index (χ2v) is 5.71. The van der Waals surface area contributed by atoms with Crippen LogP contribution in [0.2, 0.25) is 0 Å². The molecular formula is C16H22N2O. The number of benzene rings is 1. The van der Waals surface area contributed by atoms with Crippen LogP contribution in [-0.2, 0) is 0 Å². The Hall–Kier alpha value is -1.69. The van der Waals surface area contributed by atoms with Crippen LogP contribution in [0.1, 0.15) is 44.6 Å². The Labute approximate surface area is 115 Å². The zero-order valence-corrected chi connectivity index (χ0v) is 12.0. The van der Waals surface area contributed by atoms with Gasteiger partial charge in [0.2, 0.25) is 0 Å². The molecule has 0 radical (unpaired) electrons. The van der Waals surface area contributed by atoms with Gasteiger partial charge in [-0.3, -0.25) is 0 Å². The van der Waals surface area contributed by atoms with Crippen LogP contribution >= 0.6 is 0 Å². The maximum atomic E-state index is 9.24. The Morgan fingerprint density at radius 2 is 2.16 bits per heavy atom. The molecule has 0 atom stereocenters. The lowest BCUT2D eigenvalue weighted by Gasteiger charge is -2.35. The predicted molar refractivity (Wildman–Crippen MR) is 77.5 cm³/mol. The highest BCUT2D eigenvalue weighted by molar-refractivity contribution is 5.58. The van der Waals surface area contributed by atoms with E-state index in [2.05, 4.69) is 43.4 Å². The van der Waals surface area contributed by atoms with E-state index in [-0.39, 0.29) is 5.41 Å². The van der Waals surface area contributed by atoms with E-state index in [1.165, 1.54) is 12.0 Å². The minimum Gasteiger partial charge on any atom is -0.495 e. The minimum absolute atomic E-state index is 0.165. The van der Waals surface area contributed by atoms with E-state index in [0.29, 0.717) is 12.5 Å². The first-order chi connectivity index (χ1) is 9.10. The lowest BCUT2D eigenvalue weighted by atomic mass is 9.70. The fourth-order valence-corrected chi connectivity index (χ4v) is 2.41. The first kappa shape index (κ1) is 13.7. The third-order valence-corrected chi connectivity index (χ3v) is 4.06. The number of anilines is 1. The van der Waals surface area contributed by atoms with Crippen LogP contribution in [0, 0.1) is 16.7 Å². The van der Waals surface area contributed by atoms with Crippen molar-refractivity contribution in [2.24, 2.45) is 5.41 Å². The van der Waals surface area contributed by atoms with Crippen LogP contribution < -0.4 is 10.1 Å². The number of nitrogens with one attached hydrogen (secondary N) is 1. The molecule has 1 aliphatic carbocycles. The average Bonchev–Trinajstić information content (AvgIpc) is 2.37. The van der Waals surface area contributed by atoms with Crippen molar-refractivity contribution in [2.45, 2.75) is 39.0 Å². The van der Waals surface area contributed by atoms with Gasteiger partial charge in [0.15, 0.2) is 0 Å². The quantitative estimate of drug-likeness (QED) is 0.870. The van der Waals surface area contributed by atoms with Gasteiger partial charge in [0.25, 0.3) is 0 Å². The van der Waals surface area contributed by atoms with Crippen LogP contribution in [0.5, 0.6) is 5.75 Å². The maximum Gasteiger partial charge on any atom is 0.142 e. The molecule has 19 heavy (non-hydrogen) atoms. The van der Waals surface area contributed by atoms with E-state index in [1.54, 1.807) is 7.11 Å². The first-order valence-electron chi connectivity index (χ1n) is 6.93. The van der Waals surface area contributed by atoms with Crippen LogP contribution in [0.4, 0.5) is 5.69 Å². The summed E-state index contributed by atoms with van der Waals surface area (Å²) in [6.45, 7) is 5.04. The molecule has 0 unspecified atom stereocenters. The summed E-state index contributed by atoms with van der Waals surface area (Å²) in [7, 11) is 1.69. The van der Waals surface area contributed by atoms with Crippen molar-refractivity contribution in [3.8, 4) is 11.8 Å². The van der Waals surface area contributed by atoms with Crippen molar-refractivity contribution in [2.75, 3.05) is 19.0 Å². The van der Waals surface area contributed by atoms with Crippen molar-refractivity contribution < 1.29 is 4.74 Å². The standard InChI is InChI=1S/C16H22N2O/c1-12(2)13-5-6-14(15(9-13)19-3)18-11-16(10-17)7-4-8-16/h5-6,9,12,18H,4,7-8,11H2,1-3H3. The number of ether oxygens (including phenoxy) is 1. The van der Waals surface area contributed by atoms with Gasteiger partial charge in [-0.15, -0.1) is 0 Å². The summed E-state index contributed by atoms with van der Waals surface area (Å²) in [5.74, 6) is 1.35. The molecule has 1 aromatic carbocycles. The zero-order chi connectivity index (χ0) is 13.9. The molecular weight excluding hydrogens is 236 g/mol. The molecule has 0 spiro atoms. The van der Waals surface area contributed by atoms with Crippen LogP contribution in [0.15, 0.2) is 18.2 Å². The lowest BCUT2D eigenvalue weighted by molar-refractivity contribution is 0.233. The van der Waals surface area contributed by atoms with Gasteiger partial charge in [0.1, 0.15) is 5.75 Å². The molecule has 0 heterocycles. The Kier molecular flexibility index (Phi) is 3.99. The van der Waals surface area contributed by atoms with Gasteiger partial charge in [0.05, 0.1) is 24.3 Å². The number of nitriles is 1. The zero-order valence-electron chi connectivity index (χ0n) is 12.0. The summed E-state index contributed by atoms with van der Waals surface area (Å²) >= 11 is 0. The Bertz CT molecular complexity index is 484. The highest BCUT2D eigenvalue weighted by Crippen LogP contribution is 2.41. The molecule has 1 fully saturated rings. The SMILES string of the molecule is COc1cc(C(C)C)ccc1NCC1(C#N)CCC1. The molecule has 1 N–H and O–H groups in total. The van der Waals surface area contributed by atoms with Gasteiger partial charge in [0, 0.05) is 6.54 Å². The van der Waals surface area contributed by atoms with Crippen molar-refractivity contribution in [3.05, 3.63) is 23.8 Å². The second-order valence-electron chi connectivity index (χ2n) is 5.71. The summed E-state index contributed by atoms with van der Waals surface area (Å²) in [6, 6.07) is 8.70. The van der Waals surface area contributed by atoms with Gasteiger partial charge < -0.3 is 10.1 Å². The molecule has 0 aliphatic heterocycles. The van der Waals surface area contributed by atoms with E-state index < -0.39 is 0 Å². The third-order valence-electron chi connectivity index (χ3n) is 4.06. The number of rotatable bonds is 5. The molecule has 2 rings (SSSR count). The highest BCUT2D eigenvalue weighted by Gasteiger charge is 2.37. The second kappa shape index (κ2) is 5.52. The first-order valence-corrected chi connectivity index (χ1v) is 6.93. The molecule has 1 aliphatic rings. The number of nitrogens with zero attached hydrogens (tertiary/aromatic N) is 1. The maximum absolute atomic E-state index is 9.24. The van der Waals surface area contributed by atoms with E-state index in [4.69, 9.17) is 4.74 Å². The molecule has 0 aromatic heterocycles. The van der Waals surface area contributed by atoms with E-state index in [9.17, 15) is 5.26 Å². The van der Waals surface area contributed by atoms with Crippen LogP contribution in [0.25, 0.3) is 0 Å². The van der Waals surface area contributed by atoms with Gasteiger partial charge >= 0.3 is 0 Å². The van der Waals surface area contributed by atoms with Crippen molar-refractivity contribution in [3.63, 3.8) is 0 Å². The monoisotopic (exact) mass is 258 g/mol. The van der Waals surface area contributed by atoms with Crippen LogP contribution in [-0.4, -0.2) is 13.7 Å². The topological polar surface area (TPSA) is 45.0 Å². The summed E-state index contributed by atoms with van der Waals surface area (Å²) in [6.07, 6.45) is 3.17. The molecule has 0 amide bonds. The van der Waals surface area contributed by atoms with E-state index in [0.717, 1.165) is 24.3 Å². The van der Waals surface area contributed by atoms with Gasteiger partial charge in [-0.2, -0.15) is 5.26 Å². The fraction of sp³-hybridized carbons (Fsp3) is 0.562. The number of hydrogen-bond donors (Lipinski definition) is 1. The molecule has 1 aromatic rings. The fourth-order valence-electron chi connectivity index (χ4n) is 2.41. The summed E-state index contributed by atoms with van der Waals surface area (Å²) < 4.78 is 5.44. The van der Waals surface area contributed by atoms with Crippen molar-refractivity contribution in [1.29, 1.82) is 5.26 Å². The minimum atomic E-state index is -0.165. The predicted octanol–water partition coefficient (Wildman–Crippen LogP) is 3.92.